The van der Waals surface area contributed by atoms with E-state index in [1.165, 1.54) is 0 Å². The molecule has 0 spiro atoms. The van der Waals surface area contributed by atoms with Crippen LogP contribution in [0.25, 0.3) is 0 Å². The number of hydrogen-bond donors (Lipinski definition) is 1. The highest BCUT2D eigenvalue weighted by Gasteiger charge is 2.48. The Morgan fingerprint density at radius 2 is 1.53 bits per heavy atom. The van der Waals surface area contributed by atoms with Crippen LogP contribution in [0.5, 0.6) is 0 Å². The molecule has 2 N–H and O–H groups in total. The van der Waals surface area contributed by atoms with E-state index in [1.54, 1.807) is 0 Å². The van der Waals surface area contributed by atoms with Gasteiger partial charge in [-0.2, -0.15) is 31.4 Å². The third-order valence-corrected chi connectivity index (χ3v) is 1.23. The number of hydroxylamine groups is 2. The molecule has 0 aromatic rings. The lowest BCUT2D eigenvalue weighted by Gasteiger charge is -2.21. The van der Waals surface area contributed by atoms with Gasteiger partial charge in [0.05, 0.1) is 6.54 Å². The molecule has 0 saturated carbocycles. The summed E-state index contributed by atoms with van der Waals surface area (Å²) < 4.78 is 70.6. The first-order chi connectivity index (χ1) is 7.50. The van der Waals surface area contributed by atoms with Crippen molar-refractivity contribution in [1.29, 1.82) is 0 Å². The Morgan fingerprint density at radius 1 is 1.06 bits per heavy atom. The minimum Gasteiger partial charge on any atom is -0.329 e. The van der Waals surface area contributed by atoms with Crippen LogP contribution in [0.4, 0.5) is 26.3 Å². The molecule has 0 bridgehead atoms. The van der Waals surface area contributed by atoms with Gasteiger partial charge in [-0.25, -0.2) is 4.79 Å². The fraction of sp³-hybridized carbons (Fsp3) is 0.667. The molecule has 0 rings (SSSR count). The summed E-state index contributed by atoms with van der Waals surface area (Å²) in [6.45, 7) is -1.63. The Balaban J connectivity index is 4.78. The number of carbonyl (C=O) groups is 2. The molecular weight excluding hydrogens is 262 g/mol. The van der Waals surface area contributed by atoms with Gasteiger partial charge in [0, 0.05) is 6.54 Å². The number of nitrogens with zero attached hydrogens (tertiary/aromatic N) is 1. The number of nitrogens with two attached hydrogens (primary N) is 1. The first kappa shape index (κ1) is 15.5. The predicted octanol–water partition coefficient (Wildman–Crippen LogP) is 0.356. The molecule has 0 aliphatic carbocycles. The molecule has 0 aliphatic rings. The molecule has 0 atom stereocenters. The third-order valence-electron chi connectivity index (χ3n) is 1.23. The van der Waals surface area contributed by atoms with Gasteiger partial charge in [-0.1, -0.05) is 0 Å². The molecule has 17 heavy (non-hydrogen) atoms. The monoisotopic (exact) mass is 268 g/mol. The summed E-state index contributed by atoms with van der Waals surface area (Å²) >= 11 is 0. The van der Waals surface area contributed by atoms with Crippen molar-refractivity contribution in [2.75, 3.05) is 13.1 Å². The second kappa shape index (κ2) is 5.21. The Kier molecular flexibility index (Phi) is 4.74. The van der Waals surface area contributed by atoms with Gasteiger partial charge in [0.25, 0.3) is 0 Å². The highest BCUT2D eigenvalue weighted by atomic mass is 19.4. The van der Waals surface area contributed by atoms with Gasteiger partial charge in [-0.3, -0.25) is 4.79 Å². The summed E-state index contributed by atoms with van der Waals surface area (Å²) in [6, 6.07) is 0. The van der Waals surface area contributed by atoms with Crippen LogP contribution >= 0.6 is 0 Å². The van der Waals surface area contributed by atoms with Crippen molar-refractivity contribution in [3.05, 3.63) is 0 Å². The van der Waals surface area contributed by atoms with Crippen LogP contribution in [0, 0.1) is 0 Å². The second-order valence-electron chi connectivity index (χ2n) is 2.57. The van der Waals surface area contributed by atoms with Crippen LogP contribution in [0.3, 0.4) is 0 Å². The molecular formula is C6H6F6N2O3. The standard InChI is InChI=1S/C6H6F6N2O3/c7-5(8,9)3(15)14(2-1-13)17-4(16)6(10,11)12/h1-2,13H2. The molecule has 1 amide bonds. The summed E-state index contributed by atoms with van der Waals surface area (Å²) in [4.78, 5) is 24.0. The van der Waals surface area contributed by atoms with Gasteiger partial charge in [0.15, 0.2) is 0 Å². The van der Waals surface area contributed by atoms with Crippen molar-refractivity contribution in [1.82, 2.24) is 5.06 Å². The number of carbonyl (C=O) groups excluding carboxylic acids is 2. The van der Waals surface area contributed by atoms with Crippen molar-refractivity contribution in [2.24, 2.45) is 5.73 Å². The molecule has 11 heteroatoms. The minimum absolute atomic E-state index is 0.618. The molecule has 0 aromatic heterocycles. The summed E-state index contributed by atoms with van der Waals surface area (Å²) in [6.07, 6.45) is -11.0. The normalized spacial score (nSPS) is 12.2. The Morgan fingerprint density at radius 3 is 1.82 bits per heavy atom. The van der Waals surface area contributed by atoms with Crippen LogP contribution < -0.4 is 5.73 Å². The maximum absolute atomic E-state index is 11.9. The van der Waals surface area contributed by atoms with Crippen molar-refractivity contribution < 1.29 is 40.8 Å². The smallest absolute Gasteiger partial charge is 0.329 e. The van der Waals surface area contributed by atoms with E-state index in [9.17, 15) is 35.9 Å². The highest BCUT2D eigenvalue weighted by molar-refractivity contribution is 5.83. The summed E-state index contributed by atoms with van der Waals surface area (Å²) in [5.41, 5.74) is 4.76. The molecule has 0 radical (unpaired) electrons. The average molecular weight is 268 g/mol. The lowest BCUT2D eigenvalue weighted by molar-refractivity contribution is -0.251. The van der Waals surface area contributed by atoms with Crippen molar-refractivity contribution >= 4 is 11.9 Å². The maximum atomic E-state index is 11.9. The molecule has 0 saturated heterocycles. The van der Waals surface area contributed by atoms with Crippen LogP contribution in [0.1, 0.15) is 0 Å². The zero-order valence-corrected chi connectivity index (χ0v) is 7.93. The molecule has 0 aromatic carbocycles. The molecule has 0 fully saturated rings. The van der Waals surface area contributed by atoms with Crippen LogP contribution in [0.15, 0.2) is 0 Å². The maximum Gasteiger partial charge on any atom is 0.493 e. The Bertz CT molecular complexity index is 299. The highest BCUT2D eigenvalue weighted by Crippen LogP contribution is 2.21. The summed E-state index contributed by atoms with van der Waals surface area (Å²) in [5.74, 6) is -5.69. The molecule has 0 aliphatic heterocycles. The van der Waals surface area contributed by atoms with Crippen LogP contribution in [0.2, 0.25) is 0 Å². The van der Waals surface area contributed by atoms with E-state index >= 15 is 0 Å². The number of rotatable bonds is 2. The van der Waals surface area contributed by atoms with Gasteiger partial charge < -0.3 is 10.6 Å². The fourth-order valence-electron chi connectivity index (χ4n) is 0.599. The SMILES string of the molecule is NCCN(OC(=O)C(F)(F)F)C(=O)C(F)(F)F. The first-order valence-corrected chi connectivity index (χ1v) is 3.88. The lowest BCUT2D eigenvalue weighted by Crippen LogP contribution is -2.46. The fourth-order valence-corrected chi connectivity index (χ4v) is 0.599. The summed E-state index contributed by atoms with van der Waals surface area (Å²) in [7, 11) is 0. The quantitative estimate of drug-likeness (QED) is 0.579. The number of halogens is 6. The van der Waals surface area contributed by atoms with E-state index in [0.29, 0.717) is 0 Å². The van der Waals surface area contributed by atoms with Crippen LogP contribution in [-0.2, 0) is 14.4 Å². The molecule has 100 valence electrons. The van der Waals surface area contributed by atoms with E-state index in [0.717, 1.165) is 0 Å². The Labute approximate surface area is 90.0 Å². The molecule has 0 unspecified atom stereocenters. The van der Waals surface area contributed by atoms with E-state index in [2.05, 4.69) is 4.84 Å². The topological polar surface area (TPSA) is 72.6 Å². The van der Waals surface area contributed by atoms with Crippen LogP contribution in [-0.4, -0.2) is 42.4 Å². The van der Waals surface area contributed by atoms with E-state index < -0.39 is 42.4 Å². The predicted molar refractivity (Wildman–Crippen MR) is 39.0 cm³/mol. The first-order valence-electron chi connectivity index (χ1n) is 3.88. The van der Waals surface area contributed by atoms with E-state index in [1.807, 2.05) is 0 Å². The van der Waals surface area contributed by atoms with E-state index in [-0.39, 0.29) is 0 Å². The van der Waals surface area contributed by atoms with Gasteiger partial charge in [0.2, 0.25) is 0 Å². The molecule has 5 nitrogen and oxygen atoms in total. The van der Waals surface area contributed by atoms with Crippen molar-refractivity contribution in [2.45, 2.75) is 12.4 Å². The minimum atomic E-state index is -5.52. The van der Waals surface area contributed by atoms with Gasteiger partial charge in [0.1, 0.15) is 0 Å². The van der Waals surface area contributed by atoms with Crippen molar-refractivity contribution in [3.63, 3.8) is 0 Å². The van der Waals surface area contributed by atoms with Gasteiger partial charge in [-0.05, 0) is 0 Å². The number of alkyl halides is 6. The molecule has 0 heterocycles. The Hall–Kier alpha value is -1.52. The lowest BCUT2D eigenvalue weighted by atomic mass is 10.5. The number of amides is 1. The zero-order valence-electron chi connectivity index (χ0n) is 7.93. The van der Waals surface area contributed by atoms with Gasteiger partial charge >= 0.3 is 24.2 Å². The van der Waals surface area contributed by atoms with Gasteiger partial charge in [-0.15, -0.1) is 0 Å². The summed E-state index contributed by atoms with van der Waals surface area (Å²) in [5, 5.41) is -0.782. The average Bonchev–Trinajstić information content (AvgIpc) is 2.12. The zero-order chi connectivity index (χ0) is 13.9. The largest absolute Gasteiger partial charge is 0.493 e. The van der Waals surface area contributed by atoms with E-state index in [4.69, 9.17) is 5.73 Å². The second-order valence-corrected chi connectivity index (χ2v) is 2.57. The number of hydrogen-bond acceptors (Lipinski definition) is 4. The van der Waals surface area contributed by atoms with Crippen molar-refractivity contribution in [3.8, 4) is 0 Å². The third kappa shape index (κ3) is 4.89.